The van der Waals surface area contributed by atoms with Gasteiger partial charge in [0.15, 0.2) is 11.5 Å². The fraction of sp³-hybridized carbons (Fsp3) is 0.667. The second kappa shape index (κ2) is 7.04. The van der Waals surface area contributed by atoms with E-state index in [-0.39, 0.29) is 0 Å². The Labute approximate surface area is 146 Å². The lowest BCUT2D eigenvalue weighted by Gasteiger charge is -2.37. The van der Waals surface area contributed by atoms with Crippen LogP contribution in [0.3, 0.4) is 0 Å². The van der Waals surface area contributed by atoms with Crippen LogP contribution in [0.1, 0.15) is 49.0 Å². The first-order valence-corrected chi connectivity index (χ1v) is 10.0. The van der Waals surface area contributed by atoms with E-state index >= 15 is 0 Å². The number of alkyl halides is 1. The van der Waals surface area contributed by atoms with Crippen molar-refractivity contribution < 1.29 is 9.47 Å². The first-order chi connectivity index (χ1) is 10.7. The highest BCUT2D eigenvalue weighted by Gasteiger charge is 2.37. The van der Waals surface area contributed by atoms with Crippen molar-refractivity contribution in [3.8, 4) is 11.5 Å². The molecule has 3 atom stereocenters. The number of ether oxygens (including phenoxy) is 2. The fourth-order valence-electron chi connectivity index (χ4n) is 3.95. The minimum atomic E-state index is 0.418. The van der Waals surface area contributed by atoms with Gasteiger partial charge >= 0.3 is 0 Å². The molecule has 3 unspecified atom stereocenters. The molecule has 0 spiro atoms. The predicted octanol–water partition coefficient (Wildman–Crippen LogP) is 5.38. The van der Waals surface area contributed by atoms with E-state index in [1.54, 1.807) is 14.2 Å². The minimum absolute atomic E-state index is 0.418. The van der Waals surface area contributed by atoms with Gasteiger partial charge in [-0.15, -0.1) is 11.8 Å². The SMILES string of the molecule is COc1ccc2c(c1OC)C(C(C)Br)SC(C1CCCC1)C2. The standard InChI is InChI=1S/C18H25BrO2S/c1-11(19)18-16-13(8-9-14(20-2)17(16)21-3)10-15(22-18)12-6-4-5-7-12/h8-9,11-12,15,18H,4-7,10H2,1-3H3. The minimum Gasteiger partial charge on any atom is -0.493 e. The van der Waals surface area contributed by atoms with Crippen LogP contribution in [0.2, 0.25) is 0 Å². The van der Waals surface area contributed by atoms with Crippen LogP contribution in [0.15, 0.2) is 12.1 Å². The Kier molecular flexibility index (Phi) is 5.28. The normalized spacial score (nSPS) is 26.5. The van der Waals surface area contributed by atoms with Gasteiger partial charge in [0.25, 0.3) is 0 Å². The Bertz CT molecular complexity index is 526. The third kappa shape index (κ3) is 3.01. The lowest BCUT2D eigenvalue weighted by Crippen LogP contribution is -2.27. The Hall–Kier alpha value is -0.350. The third-order valence-corrected chi connectivity index (χ3v) is 7.76. The highest BCUT2D eigenvalue weighted by molar-refractivity contribution is 9.09. The summed E-state index contributed by atoms with van der Waals surface area (Å²) in [6.45, 7) is 2.25. The summed E-state index contributed by atoms with van der Waals surface area (Å²) in [5.74, 6) is 2.66. The van der Waals surface area contributed by atoms with Crippen LogP contribution in [0.4, 0.5) is 0 Å². The zero-order valence-corrected chi connectivity index (χ0v) is 16.0. The molecule has 4 heteroatoms. The summed E-state index contributed by atoms with van der Waals surface area (Å²) in [7, 11) is 3.47. The molecule has 0 aromatic heterocycles. The number of benzene rings is 1. The Balaban J connectivity index is 2.00. The average molecular weight is 385 g/mol. The molecule has 1 aromatic rings. The molecular formula is C18H25BrO2S. The van der Waals surface area contributed by atoms with E-state index in [0.717, 1.165) is 22.7 Å². The number of hydrogen-bond acceptors (Lipinski definition) is 3. The number of hydrogen-bond donors (Lipinski definition) is 0. The van der Waals surface area contributed by atoms with Crippen molar-refractivity contribution in [3.63, 3.8) is 0 Å². The monoisotopic (exact) mass is 384 g/mol. The first kappa shape index (κ1) is 16.5. The summed E-state index contributed by atoms with van der Waals surface area (Å²) in [5.41, 5.74) is 2.79. The van der Waals surface area contributed by atoms with Crippen LogP contribution in [0, 0.1) is 5.92 Å². The molecule has 0 N–H and O–H groups in total. The molecule has 1 aromatic carbocycles. The van der Waals surface area contributed by atoms with E-state index in [2.05, 4.69) is 46.7 Å². The van der Waals surface area contributed by atoms with Crippen LogP contribution in [0.5, 0.6) is 11.5 Å². The lowest BCUT2D eigenvalue weighted by molar-refractivity contribution is 0.350. The molecule has 0 bridgehead atoms. The third-order valence-electron chi connectivity index (χ3n) is 5.04. The summed E-state index contributed by atoms with van der Waals surface area (Å²) in [4.78, 5) is 0.418. The van der Waals surface area contributed by atoms with Gasteiger partial charge in [-0.3, -0.25) is 0 Å². The van der Waals surface area contributed by atoms with Gasteiger partial charge in [0.2, 0.25) is 0 Å². The number of thioether (sulfide) groups is 1. The maximum absolute atomic E-state index is 5.72. The molecule has 1 aliphatic carbocycles. The summed E-state index contributed by atoms with van der Waals surface area (Å²) < 4.78 is 11.2. The van der Waals surface area contributed by atoms with Crippen LogP contribution in [-0.4, -0.2) is 24.3 Å². The summed E-state index contributed by atoms with van der Waals surface area (Å²) in [6, 6.07) is 4.32. The van der Waals surface area contributed by atoms with E-state index in [9.17, 15) is 0 Å². The van der Waals surface area contributed by atoms with Crippen molar-refractivity contribution in [1.82, 2.24) is 0 Å². The van der Waals surface area contributed by atoms with Gasteiger partial charge < -0.3 is 9.47 Å². The molecule has 0 amide bonds. The predicted molar refractivity (Wildman–Crippen MR) is 97.7 cm³/mol. The zero-order valence-electron chi connectivity index (χ0n) is 13.6. The first-order valence-electron chi connectivity index (χ1n) is 8.19. The lowest BCUT2D eigenvalue weighted by atomic mass is 9.91. The van der Waals surface area contributed by atoms with E-state index < -0.39 is 0 Å². The number of halogens is 1. The summed E-state index contributed by atoms with van der Waals surface area (Å²) in [6.07, 6.45) is 6.80. The summed E-state index contributed by atoms with van der Waals surface area (Å²) in [5, 5.41) is 1.18. The van der Waals surface area contributed by atoms with Crippen LogP contribution >= 0.6 is 27.7 Å². The van der Waals surface area contributed by atoms with Crippen molar-refractivity contribution in [2.45, 2.75) is 54.4 Å². The van der Waals surface area contributed by atoms with E-state index in [4.69, 9.17) is 9.47 Å². The van der Waals surface area contributed by atoms with Gasteiger partial charge in [0, 0.05) is 20.9 Å². The van der Waals surface area contributed by atoms with Gasteiger partial charge in [-0.2, -0.15) is 0 Å². The second-order valence-corrected chi connectivity index (χ2v) is 9.23. The van der Waals surface area contributed by atoms with Crippen LogP contribution in [-0.2, 0) is 6.42 Å². The smallest absolute Gasteiger partial charge is 0.165 e. The molecule has 22 heavy (non-hydrogen) atoms. The molecule has 2 nitrogen and oxygen atoms in total. The number of fused-ring (bicyclic) bond motifs is 1. The van der Waals surface area contributed by atoms with E-state index in [1.165, 1.54) is 43.2 Å². The molecular weight excluding hydrogens is 360 g/mol. The van der Waals surface area contributed by atoms with Crippen molar-refractivity contribution in [2.24, 2.45) is 5.92 Å². The molecule has 122 valence electrons. The quantitative estimate of drug-likeness (QED) is 0.649. The number of rotatable bonds is 4. The van der Waals surface area contributed by atoms with Crippen molar-refractivity contribution in [1.29, 1.82) is 0 Å². The second-order valence-electron chi connectivity index (χ2n) is 6.40. The average Bonchev–Trinajstić information content (AvgIpc) is 3.06. The molecule has 3 rings (SSSR count). The fourth-order valence-corrected chi connectivity index (χ4v) is 6.34. The molecule has 1 saturated carbocycles. The van der Waals surface area contributed by atoms with E-state index in [0.29, 0.717) is 10.1 Å². The Morgan fingerprint density at radius 3 is 2.50 bits per heavy atom. The van der Waals surface area contributed by atoms with Crippen molar-refractivity contribution in [3.05, 3.63) is 23.3 Å². The molecule has 1 aliphatic heterocycles. The van der Waals surface area contributed by atoms with E-state index in [1.807, 2.05) is 0 Å². The van der Waals surface area contributed by atoms with Gasteiger partial charge in [-0.25, -0.2) is 0 Å². The van der Waals surface area contributed by atoms with Crippen LogP contribution < -0.4 is 9.47 Å². The Morgan fingerprint density at radius 1 is 1.18 bits per heavy atom. The molecule has 0 radical (unpaired) electrons. The maximum Gasteiger partial charge on any atom is 0.165 e. The topological polar surface area (TPSA) is 18.5 Å². The van der Waals surface area contributed by atoms with Crippen molar-refractivity contribution in [2.75, 3.05) is 14.2 Å². The molecule has 0 saturated heterocycles. The largest absolute Gasteiger partial charge is 0.493 e. The van der Waals surface area contributed by atoms with Gasteiger partial charge in [0.05, 0.1) is 14.2 Å². The molecule has 1 heterocycles. The number of methoxy groups -OCH3 is 2. The van der Waals surface area contributed by atoms with Gasteiger partial charge in [-0.1, -0.05) is 41.8 Å². The molecule has 1 fully saturated rings. The summed E-state index contributed by atoms with van der Waals surface area (Å²) >= 11 is 5.98. The van der Waals surface area contributed by atoms with Gasteiger partial charge in [-0.05, 0) is 36.8 Å². The van der Waals surface area contributed by atoms with Gasteiger partial charge in [0.1, 0.15) is 0 Å². The Morgan fingerprint density at radius 2 is 1.91 bits per heavy atom. The van der Waals surface area contributed by atoms with Crippen LogP contribution in [0.25, 0.3) is 0 Å². The zero-order chi connectivity index (χ0) is 15.7. The maximum atomic E-state index is 5.72. The highest BCUT2D eigenvalue weighted by Crippen LogP contribution is 2.54. The van der Waals surface area contributed by atoms with Crippen molar-refractivity contribution >= 4 is 27.7 Å². The molecule has 2 aliphatic rings. The highest BCUT2D eigenvalue weighted by atomic mass is 79.9.